The number of nitrogens with one attached hydrogen (secondary N) is 1. The van der Waals surface area contributed by atoms with Gasteiger partial charge in [-0.2, -0.15) is 0 Å². The van der Waals surface area contributed by atoms with Gasteiger partial charge in [-0.25, -0.2) is 0 Å². The van der Waals surface area contributed by atoms with Crippen molar-refractivity contribution in [2.24, 2.45) is 5.92 Å². The van der Waals surface area contributed by atoms with Gasteiger partial charge in [0.25, 0.3) is 0 Å². The molecule has 0 bridgehead atoms. The first kappa shape index (κ1) is 12.4. The largest absolute Gasteiger partial charge is 0.315 e. The van der Waals surface area contributed by atoms with Gasteiger partial charge in [0.1, 0.15) is 0 Å². The van der Waals surface area contributed by atoms with Gasteiger partial charge >= 0.3 is 0 Å². The fraction of sp³-hybridized carbons (Fsp3) is 1.00. The molecular weight excluding hydrogens is 196 g/mol. The number of nitrogens with zero attached hydrogens (tertiary/aromatic N) is 1. The Kier molecular flexibility index (Phi) is 5.11. The summed E-state index contributed by atoms with van der Waals surface area (Å²) in [6.07, 6.45) is 10.2. The molecule has 2 rings (SSSR count). The molecule has 2 aliphatic carbocycles. The van der Waals surface area contributed by atoms with Crippen LogP contribution in [0.3, 0.4) is 0 Å². The zero-order chi connectivity index (χ0) is 11.2. The van der Waals surface area contributed by atoms with Crippen LogP contribution in [0.25, 0.3) is 0 Å². The van der Waals surface area contributed by atoms with Gasteiger partial charge in [0.2, 0.25) is 0 Å². The minimum absolute atomic E-state index is 0.890. The first-order valence-corrected chi connectivity index (χ1v) is 7.35. The molecule has 0 aromatic heterocycles. The van der Waals surface area contributed by atoms with E-state index >= 15 is 0 Å². The van der Waals surface area contributed by atoms with Gasteiger partial charge in [-0.1, -0.05) is 26.2 Å². The van der Waals surface area contributed by atoms with Crippen molar-refractivity contribution in [3.63, 3.8) is 0 Å². The molecule has 0 unspecified atom stereocenters. The van der Waals surface area contributed by atoms with Gasteiger partial charge in [0.15, 0.2) is 0 Å². The lowest BCUT2D eigenvalue weighted by molar-refractivity contribution is 0.164. The minimum Gasteiger partial charge on any atom is -0.315 e. The lowest BCUT2D eigenvalue weighted by atomic mass is 9.94. The van der Waals surface area contributed by atoms with Crippen molar-refractivity contribution in [1.29, 1.82) is 0 Å². The number of hydrogen-bond donors (Lipinski definition) is 1. The molecule has 94 valence electrons. The van der Waals surface area contributed by atoms with Crippen molar-refractivity contribution in [3.05, 3.63) is 0 Å². The highest BCUT2D eigenvalue weighted by Gasteiger charge is 2.21. The second-order valence-corrected chi connectivity index (χ2v) is 5.57. The van der Waals surface area contributed by atoms with Crippen LogP contribution >= 0.6 is 0 Å². The van der Waals surface area contributed by atoms with E-state index in [0.29, 0.717) is 0 Å². The first-order chi connectivity index (χ1) is 7.90. The van der Waals surface area contributed by atoms with Crippen LogP contribution in [-0.2, 0) is 0 Å². The quantitative estimate of drug-likeness (QED) is 0.669. The van der Waals surface area contributed by atoms with Gasteiger partial charge in [0, 0.05) is 19.1 Å². The molecule has 2 heteroatoms. The molecule has 0 heterocycles. The van der Waals surface area contributed by atoms with Crippen molar-refractivity contribution in [2.45, 2.75) is 57.9 Å². The molecule has 0 radical (unpaired) electrons. The van der Waals surface area contributed by atoms with E-state index in [9.17, 15) is 0 Å². The van der Waals surface area contributed by atoms with Gasteiger partial charge in [0.05, 0.1) is 0 Å². The monoisotopic (exact) mass is 224 g/mol. The van der Waals surface area contributed by atoms with E-state index in [-0.39, 0.29) is 0 Å². The summed E-state index contributed by atoms with van der Waals surface area (Å²) in [6, 6.07) is 0.890. The van der Waals surface area contributed by atoms with E-state index < -0.39 is 0 Å². The SMILES string of the molecule is CCN(CCNCC1CC1)C1CCCCC1. The van der Waals surface area contributed by atoms with Crippen LogP contribution < -0.4 is 5.32 Å². The molecule has 2 fully saturated rings. The zero-order valence-corrected chi connectivity index (χ0v) is 10.9. The molecular formula is C14H28N2. The molecule has 0 atom stereocenters. The fourth-order valence-corrected chi connectivity index (χ4v) is 2.90. The smallest absolute Gasteiger partial charge is 0.0110 e. The lowest BCUT2D eigenvalue weighted by Crippen LogP contribution is -2.41. The van der Waals surface area contributed by atoms with E-state index in [1.54, 1.807) is 0 Å². The van der Waals surface area contributed by atoms with Gasteiger partial charge in [-0.05, 0) is 44.7 Å². The molecule has 0 saturated heterocycles. The Labute approximate surface area is 101 Å². The van der Waals surface area contributed by atoms with E-state index in [4.69, 9.17) is 0 Å². The van der Waals surface area contributed by atoms with Crippen LogP contribution in [0.2, 0.25) is 0 Å². The van der Waals surface area contributed by atoms with Gasteiger partial charge < -0.3 is 5.32 Å². The maximum Gasteiger partial charge on any atom is 0.0110 e. The second kappa shape index (κ2) is 6.61. The molecule has 0 aliphatic heterocycles. The first-order valence-electron chi connectivity index (χ1n) is 7.35. The normalized spacial score (nSPS) is 22.9. The summed E-state index contributed by atoms with van der Waals surface area (Å²) >= 11 is 0. The van der Waals surface area contributed by atoms with Gasteiger partial charge in [-0.3, -0.25) is 4.90 Å². The topological polar surface area (TPSA) is 15.3 Å². The van der Waals surface area contributed by atoms with Crippen molar-refractivity contribution in [1.82, 2.24) is 10.2 Å². The molecule has 0 amide bonds. The van der Waals surface area contributed by atoms with Crippen molar-refractivity contribution >= 4 is 0 Å². The molecule has 2 saturated carbocycles. The average molecular weight is 224 g/mol. The lowest BCUT2D eigenvalue weighted by Gasteiger charge is -2.33. The summed E-state index contributed by atoms with van der Waals surface area (Å²) in [5.74, 6) is 1.02. The predicted octanol–water partition coefficient (Wildman–Crippen LogP) is 2.64. The van der Waals surface area contributed by atoms with Gasteiger partial charge in [-0.15, -0.1) is 0 Å². The van der Waals surface area contributed by atoms with E-state index in [2.05, 4.69) is 17.1 Å². The van der Waals surface area contributed by atoms with Crippen LogP contribution in [0.5, 0.6) is 0 Å². The third-order valence-electron chi connectivity index (χ3n) is 4.20. The summed E-state index contributed by atoms with van der Waals surface area (Å²) in [7, 11) is 0. The Morgan fingerprint density at radius 1 is 1.06 bits per heavy atom. The van der Waals surface area contributed by atoms with Crippen LogP contribution in [0.1, 0.15) is 51.9 Å². The standard InChI is InChI=1S/C14H28N2/c1-2-16(14-6-4-3-5-7-14)11-10-15-12-13-8-9-13/h13-15H,2-12H2,1H3. The Hall–Kier alpha value is -0.0800. The molecule has 0 aromatic carbocycles. The second-order valence-electron chi connectivity index (χ2n) is 5.57. The average Bonchev–Trinajstić information content (AvgIpc) is 3.14. The molecule has 0 spiro atoms. The highest BCUT2D eigenvalue weighted by molar-refractivity contribution is 4.77. The third kappa shape index (κ3) is 4.06. The highest BCUT2D eigenvalue weighted by Crippen LogP contribution is 2.27. The van der Waals surface area contributed by atoms with Crippen molar-refractivity contribution in [2.75, 3.05) is 26.2 Å². The van der Waals surface area contributed by atoms with Crippen LogP contribution in [0.15, 0.2) is 0 Å². The number of rotatable bonds is 7. The van der Waals surface area contributed by atoms with Crippen LogP contribution in [0, 0.1) is 5.92 Å². The molecule has 2 aliphatic rings. The summed E-state index contributed by atoms with van der Waals surface area (Å²) in [5.41, 5.74) is 0. The summed E-state index contributed by atoms with van der Waals surface area (Å²) < 4.78 is 0. The van der Waals surface area contributed by atoms with Crippen LogP contribution in [0.4, 0.5) is 0 Å². The highest BCUT2D eigenvalue weighted by atomic mass is 15.2. The summed E-state index contributed by atoms with van der Waals surface area (Å²) in [4.78, 5) is 2.69. The maximum atomic E-state index is 3.61. The molecule has 16 heavy (non-hydrogen) atoms. The predicted molar refractivity (Wildman–Crippen MR) is 69.7 cm³/mol. The van der Waals surface area contributed by atoms with E-state index in [1.807, 2.05) is 0 Å². The Morgan fingerprint density at radius 2 is 1.81 bits per heavy atom. The van der Waals surface area contributed by atoms with Crippen LogP contribution in [-0.4, -0.2) is 37.1 Å². The van der Waals surface area contributed by atoms with E-state index in [1.165, 1.54) is 71.1 Å². The maximum absolute atomic E-state index is 3.61. The van der Waals surface area contributed by atoms with E-state index in [0.717, 1.165) is 12.0 Å². The zero-order valence-electron chi connectivity index (χ0n) is 10.9. The number of likely N-dealkylation sites (N-methyl/N-ethyl adjacent to an activating group) is 1. The van der Waals surface area contributed by atoms with Crippen molar-refractivity contribution < 1.29 is 0 Å². The van der Waals surface area contributed by atoms with Crippen molar-refractivity contribution in [3.8, 4) is 0 Å². The summed E-state index contributed by atoms with van der Waals surface area (Å²) in [6.45, 7) is 7.27. The fourth-order valence-electron chi connectivity index (χ4n) is 2.90. The molecule has 0 aromatic rings. The third-order valence-corrected chi connectivity index (χ3v) is 4.20. The summed E-state index contributed by atoms with van der Waals surface area (Å²) in [5, 5.41) is 3.61. The Bertz CT molecular complexity index is 183. The molecule has 1 N–H and O–H groups in total. The minimum atomic E-state index is 0.890. The Morgan fingerprint density at radius 3 is 2.44 bits per heavy atom. The molecule has 2 nitrogen and oxygen atoms in total. The Balaban J connectivity index is 1.59. The number of hydrogen-bond acceptors (Lipinski definition) is 2.